The van der Waals surface area contributed by atoms with E-state index in [9.17, 15) is 24.0 Å². The van der Waals surface area contributed by atoms with Gasteiger partial charge >= 0.3 is 5.97 Å². The molecule has 0 radical (unpaired) electrons. The summed E-state index contributed by atoms with van der Waals surface area (Å²) < 4.78 is 0. The number of rotatable bonds is 15. The van der Waals surface area contributed by atoms with Crippen molar-refractivity contribution in [2.75, 3.05) is 5.75 Å². The van der Waals surface area contributed by atoms with Gasteiger partial charge in [0.05, 0.1) is 12.4 Å². The van der Waals surface area contributed by atoms with Gasteiger partial charge in [-0.15, -0.1) is 0 Å². The Morgan fingerprint density at radius 3 is 2.26 bits per heavy atom. The summed E-state index contributed by atoms with van der Waals surface area (Å²) in [4.78, 5) is 67.5. The van der Waals surface area contributed by atoms with Crippen LogP contribution in [0.15, 0.2) is 12.5 Å². The molecule has 0 saturated heterocycles. The zero-order chi connectivity index (χ0) is 25.8. The number of carboxylic acids is 1. The van der Waals surface area contributed by atoms with Gasteiger partial charge in [-0.1, -0.05) is 20.3 Å². The molecular formula is C20H33N7O6S. The van der Waals surface area contributed by atoms with Gasteiger partial charge in [-0.3, -0.25) is 19.2 Å². The van der Waals surface area contributed by atoms with Gasteiger partial charge in [0.1, 0.15) is 18.1 Å². The summed E-state index contributed by atoms with van der Waals surface area (Å²) in [7, 11) is 0. The maximum Gasteiger partial charge on any atom is 0.327 e. The molecule has 13 nitrogen and oxygen atoms in total. The largest absolute Gasteiger partial charge is 0.480 e. The lowest BCUT2D eigenvalue weighted by atomic mass is 9.97. The number of nitrogens with two attached hydrogens (primary N) is 2. The number of carboxylic acid groups (broad SMARTS) is 1. The van der Waals surface area contributed by atoms with Gasteiger partial charge in [0, 0.05) is 30.5 Å². The molecule has 1 heterocycles. The van der Waals surface area contributed by atoms with Crippen LogP contribution in [0.1, 0.15) is 38.8 Å². The first-order valence-electron chi connectivity index (χ1n) is 10.8. The molecule has 0 aliphatic rings. The van der Waals surface area contributed by atoms with E-state index in [4.69, 9.17) is 16.6 Å². The van der Waals surface area contributed by atoms with Crippen LogP contribution in [0.4, 0.5) is 0 Å². The summed E-state index contributed by atoms with van der Waals surface area (Å²) in [6.45, 7) is 3.56. The molecule has 0 aliphatic carbocycles. The van der Waals surface area contributed by atoms with Crippen LogP contribution in [0.5, 0.6) is 0 Å². The van der Waals surface area contributed by atoms with E-state index in [-0.39, 0.29) is 30.9 Å². The predicted octanol–water partition coefficient (Wildman–Crippen LogP) is -1.94. The van der Waals surface area contributed by atoms with Crippen molar-refractivity contribution in [1.29, 1.82) is 0 Å². The van der Waals surface area contributed by atoms with Crippen LogP contribution in [-0.2, 0) is 30.4 Å². The Morgan fingerprint density at radius 1 is 1.12 bits per heavy atom. The van der Waals surface area contributed by atoms with Crippen LogP contribution in [0, 0.1) is 5.92 Å². The number of aromatic amines is 1. The van der Waals surface area contributed by atoms with Crippen LogP contribution in [0.25, 0.3) is 0 Å². The number of aromatic nitrogens is 2. The molecule has 1 rings (SSSR count). The number of aliphatic carboxylic acids is 1. The molecule has 0 fully saturated rings. The Hall–Kier alpha value is -3.13. The van der Waals surface area contributed by atoms with Crippen molar-refractivity contribution in [1.82, 2.24) is 25.9 Å². The quantitative estimate of drug-likeness (QED) is 0.126. The third-order valence-corrected chi connectivity index (χ3v) is 5.60. The second-order valence-corrected chi connectivity index (χ2v) is 8.27. The standard InChI is InChI=1S/C20H33N7O6S/c1-3-10(2)16(27-17(29)12(21)6-11-7-23-9-24-11)19(31)25-13(4-5-15(22)28)18(30)26-14(8-34)20(32)33/h7,9-10,12-14,16,34H,3-6,8,21H2,1-2H3,(H2,22,28)(H,23,24)(H,25,31)(H,26,30)(H,27,29)(H,32,33). The van der Waals surface area contributed by atoms with Crippen LogP contribution in [0.3, 0.4) is 0 Å². The minimum absolute atomic E-state index is 0.160. The number of nitrogens with zero attached hydrogens (tertiary/aromatic N) is 1. The van der Waals surface area contributed by atoms with Crippen molar-refractivity contribution in [2.45, 2.75) is 63.7 Å². The lowest BCUT2D eigenvalue weighted by Crippen LogP contribution is -2.59. The van der Waals surface area contributed by atoms with Gasteiger partial charge in [0.25, 0.3) is 0 Å². The maximum atomic E-state index is 13.1. The highest BCUT2D eigenvalue weighted by Crippen LogP contribution is 2.10. The molecular weight excluding hydrogens is 466 g/mol. The van der Waals surface area contributed by atoms with Crippen molar-refractivity contribution in [3.63, 3.8) is 0 Å². The topological polar surface area (TPSA) is 222 Å². The highest BCUT2D eigenvalue weighted by Gasteiger charge is 2.32. The van der Waals surface area contributed by atoms with E-state index in [0.717, 1.165) is 0 Å². The molecule has 1 aromatic heterocycles. The molecule has 5 atom stereocenters. The van der Waals surface area contributed by atoms with Crippen molar-refractivity contribution in [3.05, 3.63) is 18.2 Å². The summed E-state index contributed by atoms with van der Waals surface area (Å²) in [6.07, 6.45) is 3.29. The summed E-state index contributed by atoms with van der Waals surface area (Å²) >= 11 is 3.89. The van der Waals surface area contributed by atoms with Crippen molar-refractivity contribution >= 4 is 42.2 Å². The lowest BCUT2D eigenvalue weighted by Gasteiger charge is -2.27. The SMILES string of the molecule is CCC(C)C(NC(=O)C(N)Cc1cnc[nH]1)C(=O)NC(CCC(N)=O)C(=O)NC(CS)C(=O)O. The van der Waals surface area contributed by atoms with E-state index in [1.165, 1.54) is 12.5 Å². The average Bonchev–Trinajstić information content (AvgIpc) is 3.29. The molecule has 0 spiro atoms. The summed E-state index contributed by atoms with van der Waals surface area (Å²) in [5.41, 5.74) is 11.8. The Morgan fingerprint density at radius 2 is 1.76 bits per heavy atom. The molecule has 0 saturated carbocycles. The van der Waals surface area contributed by atoms with Crippen molar-refractivity contribution < 1.29 is 29.1 Å². The van der Waals surface area contributed by atoms with Gasteiger partial charge in [-0.05, 0) is 12.3 Å². The number of primary amides is 1. The molecule has 190 valence electrons. The first-order valence-corrected chi connectivity index (χ1v) is 11.4. The molecule has 5 unspecified atom stereocenters. The second kappa shape index (κ2) is 14.2. The number of amides is 4. The van der Waals surface area contributed by atoms with Gasteiger partial charge in [0.15, 0.2) is 0 Å². The molecule has 0 aromatic carbocycles. The molecule has 0 aliphatic heterocycles. The number of nitrogens with one attached hydrogen (secondary N) is 4. The Kier molecular flexibility index (Phi) is 12.1. The molecule has 4 amide bonds. The highest BCUT2D eigenvalue weighted by atomic mass is 32.1. The monoisotopic (exact) mass is 499 g/mol. The maximum absolute atomic E-state index is 13.1. The van der Waals surface area contributed by atoms with E-state index in [2.05, 4.69) is 38.5 Å². The van der Waals surface area contributed by atoms with E-state index < -0.39 is 53.8 Å². The van der Waals surface area contributed by atoms with Gasteiger partial charge < -0.3 is 37.5 Å². The van der Waals surface area contributed by atoms with E-state index >= 15 is 0 Å². The Labute approximate surface area is 202 Å². The van der Waals surface area contributed by atoms with E-state index in [1.54, 1.807) is 6.92 Å². The fourth-order valence-electron chi connectivity index (χ4n) is 2.96. The number of hydrogen-bond acceptors (Lipinski definition) is 8. The van der Waals surface area contributed by atoms with E-state index in [0.29, 0.717) is 12.1 Å². The third kappa shape index (κ3) is 9.39. The molecule has 1 aromatic rings. The summed E-state index contributed by atoms with van der Waals surface area (Å²) in [6, 6.07) is -4.55. The molecule has 0 bridgehead atoms. The fraction of sp³-hybridized carbons (Fsp3) is 0.600. The lowest BCUT2D eigenvalue weighted by molar-refractivity contribution is -0.141. The molecule has 9 N–H and O–H groups in total. The van der Waals surface area contributed by atoms with Crippen molar-refractivity contribution in [3.8, 4) is 0 Å². The number of hydrogen-bond donors (Lipinski definition) is 8. The highest BCUT2D eigenvalue weighted by molar-refractivity contribution is 7.80. The predicted molar refractivity (Wildman–Crippen MR) is 125 cm³/mol. The third-order valence-electron chi connectivity index (χ3n) is 5.23. The summed E-state index contributed by atoms with van der Waals surface area (Å²) in [5, 5.41) is 16.5. The van der Waals surface area contributed by atoms with Crippen LogP contribution >= 0.6 is 12.6 Å². The number of thiol groups is 1. The second-order valence-electron chi connectivity index (χ2n) is 7.91. The van der Waals surface area contributed by atoms with E-state index in [1.807, 2.05) is 6.92 Å². The smallest absolute Gasteiger partial charge is 0.327 e. The zero-order valence-electron chi connectivity index (χ0n) is 19.1. The molecule has 34 heavy (non-hydrogen) atoms. The number of carbonyl (C=O) groups excluding carboxylic acids is 4. The van der Waals surface area contributed by atoms with Gasteiger partial charge in [0.2, 0.25) is 23.6 Å². The zero-order valence-corrected chi connectivity index (χ0v) is 20.0. The minimum Gasteiger partial charge on any atom is -0.480 e. The first-order chi connectivity index (χ1) is 16.0. The molecule has 14 heteroatoms. The van der Waals surface area contributed by atoms with Crippen LogP contribution in [0.2, 0.25) is 0 Å². The number of carbonyl (C=O) groups is 5. The van der Waals surface area contributed by atoms with Crippen LogP contribution < -0.4 is 27.4 Å². The van der Waals surface area contributed by atoms with Gasteiger partial charge in [-0.2, -0.15) is 12.6 Å². The fourth-order valence-corrected chi connectivity index (χ4v) is 3.21. The van der Waals surface area contributed by atoms with Crippen molar-refractivity contribution in [2.24, 2.45) is 17.4 Å². The first kappa shape index (κ1) is 28.9. The Balaban J connectivity index is 2.96. The average molecular weight is 500 g/mol. The normalized spacial score (nSPS) is 15.3. The van der Waals surface area contributed by atoms with Crippen LogP contribution in [-0.4, -0.2) is 74.6 Å². The Bertz CT molecular complexity index is 850. The minimum atomic E-state index is -1.31. The number of H-pyrrole nitrogens is 1. The summed E-state index contributed by atoms with van der Waals surface area (Å²) in [5.74, 6) is -4.59. The van der Waals surface area contributed by atoms with Gasteiger partial charge in [-0.25, -0.2) is 9.78 Å². The number of imidazole rings is 1.